The molecule has 1 aliphatic rings. The third kappa shape index (κ3) is 61.3. The summed E-state index contributed by atoms with van der Waals surface area (Å²) >= 11 is 0. The fourth-order valence-corrected chi connectivity index (χ4v) is 0.884. The molecule has 6 nitrogen and oxygen atoms in total. The molecular weight excluding hydrogens is 176 g/mol. The Kier molecular flexibility index (Phi) is 11.4. The third-order valence-electron chi connectivity index (χ3n) is 1.25. The van der Waals surface area contributed by atoms with Crippen molar-refractivity contribution in [2.45, 2.75) is 32.1 Å². The molecule has 0 saturated heterocycles. The monoisotopic (exact) mass is 192 g/mol. The van der Waals surface area contributed by atoms with Gasteiger partial charge in [0.1, 0.15) is 0 Å². The van der Waals surface area contributed by atoms with E-state index in [9.17, 15) is 0 Å². The van der Waals surface area contributed by atoms with Crippen LogP contribution in [-0.4, -0.2) is 22.4 Å². The highest BCUT2D eigenvalue weighted by molar-refractivity contribution is 5.61. The van der Waals surface area contributed by atoms with Gasteiger partial charge in [0.2, 0.25) is 0 Å². The number of carbonyl (C=O) groups is 2. The van der Waals surface area contributed by atoms with Gasteiger partial charge in [0.25, 0.3) is 0 Å². The second-order valence-electron chi connectivity index (χ2n) is 2.44. The van der Waals surface area contributed by atoms with Crippen molar-refractivity contribution in [2.75, 3.05) is 0 Å². The second-order valence-corrected chi connectivity index (χ2v) is 2.44. The highest BCUT2D eigenvalue weighted by atomic mass is 16.4. The lowest BCUT2D eigenvalue weighted by Gasteiger charge is -1.67. The van der Waals surface area contributed by atoms with Crippen LogP contribution in [0.3, 0.4) is 0 Å². The Morgan fingerprint density at radius 2 is 0.846 bits per heavy atom. The Hall–Kier alpha value is -1.46. The van der Waals surface area contributed by atoms with E-state index in [0.29, 0.717) is 0 Å². The summed E-state index contributed by atoms with van der Waals surface area (Å²) in [5.74, 6) is 0. The lowest BCUT2D eigenvalue weighted by molar-refractivity contribution is 0.204. The van der Waals surface area contributed by atoms with Gasteiger partial charge >= 0.3 is 12.2 Å². The quantitative estimate of drug-likeness (QED) is 0.459. The van der Waals surface area contributed by atoms with Crippen LogP contribution in [0.25, 0.3) is 0 Å². The summed E-state index contributed by atoms with van der Waals surface area (Å²) in [5, 5.41) is 14.4. The Morgan fingerprint density at radius 1 is 0.769 bits per heavy atom. The molecule has 0 aromatic carbocycles. The molecule has 6 heteroatoms. The first kappa shape index (κ1) is 14.1. The number of hydrogen-bond donors (Lipinski definition) is 4. The van der Waals surface area contributed by atoms with Crippen molar-refractivity contribution in [3.63, 3.8) is 0 Å². The van der Waals surface area contributed by atoms with Crippen LogP contribution >= 0.6 is 0 Å². The molecule has 0 aliphatic heterocycles. The van der Waals surface area contributed by atoms with Gasteiger partial charge < -0.3 is 21.7 Å². The number of primary amides is 2. The van der Waals surface area contributed by atoms with E-state index in [1.165, 1.54) is 32.1 Å². The Morgan fingerprint density at radius 3 is 0.923 bits per heavy atom. The van der Waals surface area contributed by atoms with E-state index < -0.39 is 12.2 Å². The van der Waals surface area contributed by atoms with Gasteiger partial charge in [-0.15, -0.1) is 0 Å². The maximum atomic E-state index is 8.78. The summed E-state index contributed by atoms with van der Waals surface area (Å²) in [4.78, 5) is 17.6. The minimum absolute atomic E-state index is 1.33. The average molecular weight is 192 g/mol. The van der Waals surface area contributed by atoms with E-state index in [0.717, 1.165) is 0 Å². The molecule has 6 N–H and O–H groups in total. The molecule has 0 bridgehead atoms. The van der Waals surface area contributed by atoms with Crippen LogP contribution in [0.15, 0.2) is 0 Å². The number of carboxylic acid groups (broad SMARTS) is 2. The zero-order valence-electron chi connectivity index (χ0n) is 7.40. The van der Waals surface area contributed by atoms with Crippen LogP contribution in [0.1, 0.15) is 32.1 Å². The molecule has 0 spiro atoms. The molecule has 13 heavy (non-hydrogen) atoms. The molecule has 78 valence electrons. The zero-order valence-corrected chi connectivity index (χ0v) is 7.40. The van der Waals surface area contributed by atoms with Gasteiger partial charge in [-0.25, -0.2) is 9.59 Å². The van der Waals surface area contributed by atoms with Gasteiger partial charge in [-0.1, -0.05) is 32.1 Å². The van der Waals surface area contributed by atoms with Crippen molar-refractivity contribution in [2.24, 2.45) is 11.5 Å². The smallest absolute Gasteiger partial charge is 0.402 e. The summed E-state index contributed by atoms with van der Waals surface area (Å²) in [6, 6.07) is 0. The van der Waals surface area contributed by atoms with Crippen molar-refractivity contribution >= 4 is 12.2 Å². The normalized spacial score (nSPS) is 12.9. The van der Waals surface area contributed by atoms with Crippen LogP contribution in [-0.2, 0) is 0 Å². The van der Waals surface area contributed by atoms with E-state index in [2.05, 4.69) is 11.5 Å². The fourth-order valence-electron chi connectivity index (χ4n) is 0.884. The molecule has 0 aromatic rings. The van der Waals surface area contributed by atoms with E-state index in [1.54, 1.807) is 0 Å². The first-order valence-electron chi connectivity index (χ1n) is 3.93. The Balaban J connectivity index is 0. The standard InChI is InChI=1S/C5H10.2CH3NO2/c1-2-4-5-3-1;2*2-1(3)4/h1-5H2;2*2H2,(H,3,4). The van der Waals surface area contributed by atoms with Gasteiger partial charge in [0.15, 0.2) is 0 Å². The second kappa shape index (κ2) is 10.5. The largest absolute Gasteiger partial charge is 0.465 e. The van der Waals surface area contributed by atoms with Crippen molar-refractivity contribution in [1.29, 1.82) is 0 Å². The molecule has 1 rings (SSSR count). The van der Waals surface area contributed by atoms with Crippen molar-refractivity contribution in [3.8, 4) is 0 Å². The number of hydrogen-bond acceptors (Lipinski definition) is 2. The van der Waals surface area contributed by atoms with Crippen molar-refractivity contribution in [3.05, 3.63) is 0 Å². The minimum Gasteiger partial charge on any atom is -0.465 e. The van der Waals surface area contributed by atoms with Gasteiger partial charge in [0, 0.05) is 0 Å². The first-order valence-corrected chi connectivity index (χ1v) is 3.93. The van der Waals surface area contributed by atoms with Crippen LogP contribution in [0, 0.1) is 0 Å². The topological polar surface area (TPSA) is 127 Å². The summed E-state index contributed by atoms with van der Waals surface area (Å²) in [6.45, 7) is 0. The molecule has 0 radical (unpaired) electrons. The number of amides is 2. The van der Waals surface area contributed by atoms with Gasteiger partial charge in [-0.05, 0) is 0 Å². The highest BCUT2D eigenvalue weighted by Crippen LogP contribution is 2.15. The lowest BCUT2D eigenvalue weighted by Crippen LogP contribution is -2.03. The lowest BCUT2D eigenvalue weighted by atomic mass is 10.4. The van der Waals surface area contributed by atoms with Crippen LogP contribution < -0.4 is 11.5 Å². The maximum absolute atomic E-state index is 8.78. The molecule has 2 amide bonds. The molecule has 1 aliphatic carbocycles. The van der Waals surface area contributed by atoms with Crippen LogP contribution in [0.2, 0.25) is 0 Å². The fraction of sp³-hybridized carbons (Fsp3) is 0.714. The van der Waals surface area contributed by atoms with E-state index in [1.807, 2.05) is 0 Å². The van der Waals surface area contributed by atoms with Gasteiger partial charge in [-0.2, -0.15) is 0 Å². The van der Waals surface area contributed by atoms with Gasteiger partial charge in [0.05, 0.1) is 0 Å². The van der Waals surface area contributed by atoms with Crippen molar-refractivity contribution < 1.29 is 19.8 Å². The van der Waals surface area contributed by atoms with E-state index in [4.69, 9.17) is 19.8 Å². The predicted molar refractivity (Wildman–Crippen MR) is 47.5 cm³/mol. The Labute approximate surface area is 76.5 Å². The summed E-state index contributed by atoms with van der Waals surface area (Å²) < 4.78 is 0. The third-order valence-corrected chi connectivity index (χ3v) is 1.25. The predicted octanol–water partition coefficient (Wildman–Crippen LogP) is 1.20. The maximum Gasteiger partial charge on any atom is 0.402 e. The molecule has 0 unspecified atom stereocenters. The molecule has 0 aromatic heterocycles. The molecule has 1 fully saturated rings. The van der Waals surface area contributed by atoms with Crippen LogP contribution in [0.5, 0.6) is 0 Å². The van der Waals surface area contributed by atoms with E-state index in [-0.39, 0.29) is 0 Å². The van der Waals surface area contributed by atoms with E-state index >= 15 is 0 Å². The first-order chi connectivity index (χ1) is 5.96. The van der Waals surface area contributed by atoms with Crippen LogP contribution in [0.4, 0.5) is 9.59 Å². The zero-order chi connectivity index (χ0) is 10.7. The average Bonchev–Trinajstić information content (AvgIpc) is 2.35. The molecular formula is C7H16N2O4. The highest BCUT2D eigenvalue weighted by Gasteiger charge is 1.95. The van der Waals surface area contributed by atoms with Crippen molar-refractivity contribution in [1.82, 2.24) is 0 Å². The Bertz CT molecular complexity index is 118. The SMILES string of the molecule is C1CCCC1.NC(=O)O.NC(=O)O. The molecule has 1 saturated carbocycles. The summed E-state index contributed by atoms with van der Waals surface area (Å²) in [7, 11) is 0. The number of rotatable bonds is 0. The summed E-state index contributed by atoms with van der Waals surface area (Å²) in [5.41, 5.74) is 8.06. The van der Waals surface area contributed by atoms with Gasteiger partial charge in [-0.3, -0.25) is 0 Å². The minimum atomic E-state index is -1.33. The molecule has 0 heterocycles. The summed E-state index contributed by atoms with van der Waals surface area (Å²) in [6.07, 6.45) is 4.83. The number of nitrogens with two attached hydrogens (primary N) is 2. The molecule has 0 atom stereocenters.